The SMILES string of the molecule is CC(C)(C)Oc1c(F)cc(N2C(=O)NC(CC3CC3)C2=O)cc1F. The number of amides is 3. The van der Waals surface area contributed by atoms with Gasteiger partial charge in [0.25, 0.3) is 5.91 Å². The zero-order valence-electron chi connectivity index (χ0n) is 13.9. The number of carbonyl (C=O) groups is 2. The fourth-order valence-electron chi connectivity index (χ4n) is 2.70. The van der Waals surface area contributed by atoms with E-state index in [4.69, 9.17) is 4.74 Å². The molecule has 0 aromatic heterocycles. The lowest BCUT2D eigenvalue weighted by Crippen LogP contribution is -2.32. The first kappa shape index (κ1) is 16.7. The molecule has 1 heterocycles. The minimum atomic E-state index is -0.953. The number of hydrogen-bond acceptors (Lipinski definition) is 3. The van der Waals surface area contributed by atoms with Crippen LogP contribution in [0.15, 0.2) is 12.1 Å². The Hall–Kier alpha value is -2.18. The molecule has 7 heteroatoms. The lowest BCUT2D eigenvalue weighted by molar-refractivity contribution is -0.118. The molecular formula is C17H20F2N2O3. The molecule has 1 aromatic carbocycles. The lowest BCUT2D eigenvalue weighted by atomic mass is 10.1. The third-order valence-electron chi connectivity index (χ3n) is 3.93. The van der Waals surface area contributed by atoms with Crippen molar-refractivity contribution in [2.45, 2.75) is 51.7 Å². The zero-order valence-corrected chi connectivity index (χ0v) is 13.9. The van der Waals surface area contributed by atoms with Crippen molar-refractivity contribution in [2.24, 2.45) is 5.92 Å². The van der Waals surface area contributed by atoms with Crippen molar-refractivity contribution in [1.29, 1.82) is 0 Å². The topological polar surface area (TPSA) is 58.6 Å². The van der Waals surface area contributed by atoms with Crippen LogP contribution in [-0.2, 0) is 4.79 Å². The second-order valence-corrected chi connectivity index (χ2v) is 7.31. The molecule has 1 saturated heterocycles. The van der Waals surface area contributed by atoms with E-state index in [9.17, 15) is 18.4 Å². The van der Waals surface area contributed by atoms with Crippen LogP contribution in [0.3, 0.4) is 0 Å². The van der Waals surface area contributed by atoms with Crippen LogP contribution >= 0.6 is 0 Å². The molecule has 0 radical (unpaired) electrons. The van der Waals surface area contributed by atoms with Crippen molar-refractivity contribution < 1.29 is 23.1 Å². The van der Waals surface area contributed by atoms with Gasteiger partial charge in [-0.2, -0.15) is 0 Å². The molecular weight excluding hydrogens is 318 g/mol. The molecule has 130 valence electrons. The molecule has 1 aliphatic heterocycles. The number of ether oxygens (including phenoxy) is 1. The van der Waals surface area contributed by atoms with E-state index in [2.05, 4.69) is 5.32 Å². The highest BCUT2D eigenvalue weighted by molar-refractivity contribution is 6.21. The number of urea groups is 1. The highest BCUT2D eigenvalue weighted by Gasteiger charge is 2.42. The minimum Gasteiger partial charge on any atom is -0.482 e. The van der Waals surface area contributed by atoms with Crippen LogP contribution in [0.2, 0.25) is 0 Å². The molecule has 1 unspecified atom stereocenters. The Morgan fingerprint density at radius 1 is 1.21 bits per heavy atom. The van der Waals surface area contributed by atoms with Gasteiger partial charge in [0.2, 0.25) is 0 Å². The first-order chi connectivity index (χ1) is 11.2. The molecule has 0 bridgehead atoms. The smallest absolute Gasteiger partial charge is 0.329 e. The fraction of sp³-hybridized carbons (Fsp3) is 0.529. The normalized spacial score (nSPS) is 21.2. The minimum absolute atomic E-state index is 0.132. The number of imide groups is 1. The number of rotatable bonds is 4. The maximum atomic E-state index is 14.2. The molecule has 1 aliphatic carbocycles. The summed E-state index contributed by atoms with van der Waals surface area (Å²) in [6, 6.07) is 0.609. The molecule has 1 N–H and O–H groups in total. The average molecular weight is 338 g/mol. The zero-order chi connectivity index (χ0) is 17.6. The summed E-state index contributed by atoms with van der Waals surface area (Å²) in [5.41, 5.74) is -0.911. The van der Waals surface area contributed by atoms with Crippen LogP contribution in [-0.4, -0.2) is 23.6 Å². The molecule has 1 atom stereocenters. The van der Waals surface area contributed by atoms with Crippen LogP contribution in [0.25, 0.3) is 0 Å². The van der Waals surface area contributed by atoms with E-state index in [0.717, 1.165) is 29.9 Å². The Balaban J connectivity index is 1.86. The van der Waals surface area contributed by atoms with Gasteiger partial charge in [-0.1, -0.05) is 12.8 Å². The van der Waals surface area contributed by atoms with Gasteiger partial charge in [0, 0.05) is 12.1 Å². The predicted molar refractivity (Wildman–Crippen MR) is 83.9 cm³/mol. The van der Waals surface area contributed by atoms with Crippen LogP contribution < -0.4 is 15.0 Å². The number of benzene rings is 1. The Kier molecular flexibility index (Phi) is 3.97. The molecule has 3 rings (SSSR count). The van der Waals surface area contributed by atoms with Crippen molar-refractivity contribution in [2.75, 3.05) is 4.90 Å². The molecule has 5 nitrogen and oxygen atoms in total. The number of hydrogen-bond donors (Lipinski definition) is 1. The van der Waals surface area contributed by atoms with Crippen LogP contribution in [0.5, 0.6) is 5.75 Å². The van der Waals surface area contributed by atoms with Crippen LogP contribution in [0.1, 0.15) is 40.0 Å². The summed E-state index contributed by atoms with van der Waals surface area (Å²) < 4.78 is 33.7. The quantitative estimate of drug-likeness (QED) is 0.857. The van der Waals surface area contributed by atoms with Crippen LogP contribution in [0, 0.1) is 17.6 Å². The maximum absolute atomic E-state index is 14.2. The molecule has 1 saturated carbocycles. The Morgan fingerprint density at radius 3 is 2.29 bits per heavy atom. The van der Waals surface area contributed by atoms with Gasteiger partial charge in [-0.25, -0.2) is 18.5 Å². The highest BCUT2D eigenvalue weighted by Crippen LogP contribution is 2.36. The summed E-state index contributed by atoms with van der Waals surface area (Å²) in [4.78, 5) is 25.2. The summed E-state index contributed by atoms with van der Waals surface area (Å²) in [6.07, 6.45) is 2.65. The third kappa shape index (κ3) is 3.34. The monoisotopic (exact) mass is 338 g/mol. The van der Waals surface area contributed by atoms with Crippen molar-refractivity contribution in [3.05, 3.63) is 23.8 Å². The van der Waals surface area contributed by atoms with Gasteiger partial charge < -0.3 is 10.1 Å². The van der Waals surface area contributed by atoms with Crippen LogP contribution in [0.4, 0.5) is 19.3 Å². The summed E-state index contributed by atoms with van der Waals surface area (Å²) in [7, 11) is 0. The summed E-state index contributed by atoms with van der Waals surface area (Å²) in [5, 5.41) is 2.58. The number of nitrogens with zero attached hydrogens (tertiary/aromatic N) is 1. The first-order valence-corrected chi connectivity index (χ1v) is 7.98. The number of anilines is 1. The summed E-state index contributed by atoms with van der Waals surface area (Å²) >= 11 is 0. The standard InChI is InChI=1S/C17H20F2N2O3/c1-17(2,3)24-14-11(18)7-10(8-12(14)19)21-15(22)13(20-16(21)23)6-9-4-5-9/h7-9,13H,4-6H2,1-3H3,(H,20,23). The Labute approximate surface area is 139 Å². The van der Waals surface area contributed by atoms with E-state index in [1.807, 2.05) is 0 Å². The number of carbonyl (C=O) groups excluding carboxylic acids is 2. The molecule has 2 fully saturated rings. The summed E-state index contributed by atoms with van der Waals surface area (Å²) in [6.45, 7) is 5.00. The van der Waals surface area contributed by atoms with Gasteiger partial charge in [0.1, 0.15) is 11.6 Å². The maximum Gasteiger partial charge on any atom is 0.329 e. The van der Waals surface area contributed by atoms with Gasteiger partial charge in [-0.05, 0) is 33.1 Å². The van der Waals surface area contributed by atoms with Crippen molar-refractivity contribution in [3.63, 3.8) is 0 Å². The lowest BCUT2D eigenvalue weighted by Gasteiger charge is -2.23. The van der Waals surface area contributed by atoms with E-state index < -0.39 is 41.0 Å². The molecule has 24 heavy (non-hydrogen) atoms. The van der Waals surface area contributed by atoms with Gasteiger partial charge in [0.05, 0.1) is 5.69 Å². The van der Waals surface area contributed by atoms with E-state index in [0.29, 0.717) is 12.3 Å². The van der Waals surface area contributed by atoms with Crippen molar-refractivity contribution >= 4 is 17.6 Å². The van der Waals surface area contributed by atoms with Gasteiger partial charge in [-0.15, -0.1) is 0 Å². The summed E-state index contributed by atoms with van der Waals surface area (Å²) in [5.74, 6) is -2.46. The largest absolute Gasteiger partial charge is 0.482 e. The van der Waals surface area contributed by atoms with E-state index >= 15 is 0 Å². The number of halogens is 2. The Bertz CT molecular complexity index is 673. The molecule has 2 aliphatic rings. The van der Waals surface area contributed by atoms with Gasteiger partial charge >= 0.3 is 6.03 Å². The second-order valence-electron chi connectivity index (χ2n) is 7.31. The molecule has 1 aromatic rings. The Morgan fingerprint density at radius 2 is 1.79 bits per heavy atom. The van der Waals surface area contributed by atoms with Gasteiger partial charge in [0.15, 0.2) is 17.4 Å². The average Bonchev–Trinajstić information content (AvgIpc) is 3.20. The van der Waals surface area contributed by atoms with Crippen molar-refractivity contribution in [3.8, 4) is 5.75 Å². The van der Waals surface area contributed by atoms with E-state index in [-0.39, 0.29) is 5.69 Å². The van der Waals surface area contributed by atoms with Crippen molar-refractivity contribution in [1.82, 2.24) is 5.32 Å². The second kappa shape index (κ2) is 5.72. The first-order valence-electron chi connectivity index (χ1n) is 7.98. The molecule has 0 spiro atoms. The fourth-order valence-corrected chi connectivity index (χ4v) is 2.70. The third-order valence-corrected chi connectivity index (χ3v) is 3.93. The van der Waals surface area contributed by atoms with E-state index in [1.54, 1.807) is 20.8 Å². The van der Waals surface area contributed by atoms with Gasteiger partial charge in [-0.3, -0.25) is 4.79 Å². The van der Waals surface area contributed by atoms with E-state index in [1.165, 1.54) is 0 Å². The molecule has 3 amide bonds. The number of nitrogens with one attached hydrogen (secondary N) is 1. The highest BCUT2D eigenvalue weighted by atomic mass is 19.1. The predicted octanol–water partition coefficient (Wildman–Crippen LogP) is 3.37.